The Labute approximate surface area is 97.0 Å². The molecule has 0 amide bonds. The van der Waals surface area contributed by atoms with Crippen LogP contribution in [0.15, 0.2) is 18.3 Å². The van der Waals surface area contributed by atoms with Gasteiger partial charge in [0.25, 0.3) is 0 Å². The van der Waals surface area contributed by atoms with Crippen LogP contribution >= 0.6 is 15.9 Å². The molecule has 15 heavy (non-hydrogen) atoms. The van der Waals surface area contributed by atoms with Gasteiger partial charge in [0.2, 0.25) is 0 Å². The standard InChI is InChI=1S/C11H12BrNO2/c1-15-11(14)9-4-8(9)10-3-2-7(5-12)6-13-10/h2-3,6,8-9H,4-5H2,1H3. The number of alkyl halides is 1. The normalized spacial score (nSPS) is 23.6. The molecule has 1 aromatic heterocycles. The van der Waals surface area contributed by atoms with Crippen molar-refractivity contribution in [2.75, 3.05) is 7.11 Å². The van der Waals surface area contributed by atoms with Gasteiger partial charge in [-0.15, -0.1) is 0 Å². The van der Waals surface area contributed by atoms with Gasteiger partial charge in [0.15, 0.2) is 0 Å². The predicted octanol–water partition coefficient (Wildman–Crippen LogP) is 2.25. The first kappa shape index (κ1) is 10.6. The molecule has 0 saturated heterocycles. The first-order chi connectivity index (χ1) is 7.26. The number of ether oxygens (including phenoxy) is 1. The van der Waals surface area contributed by atoms with Crippen molar-refractivity contribution in [1.29, 1.82) is 0 Å². The summed E-state index contributed by atoms with van der Waals surface area (Å²) in [4.78, 5) is 15.6. The van der Waals surface area contributed by atoms with E-state index in [1.54, 1.807) is 0 Å². The zero-order valence-electron chi connectivity index (χ0n) is 8.44. The molecular weight excluding hydrogens is 258 g/mol. The maximum Gasteiger partial charge on any atom is 0.309 e. The Hall–Kier alpha value is -0.900. The van der Waals surface area contributed by atoms with E-state index in [2.05, 4.69) is 20.9 Å². The summed E-state index contributed by atoms with van der Waals surface area (Å²) in [5.74, 6) is 0.172. The number of methoxy groups -OCH3 is 1. The monoisotopic (exact) mass is 269 g/mol. The second-order valence-electron chi connectivity index (χ2n) is 3.70. The van der Waals surface area contributed by atoms with Gasteiger partial charge in [0.1, 0.15) is 0 Å². The Balaban J connectivity index is 2.04. The van der Waals surface area contributed by atoms with E-state index in [0.717, 1.165) is 23.0 Å². The largest absolute Gasteiger partial charge is 0.469 e. The van der Waals surface area contributed by atoms with Crippen LogP contribution in [-0.2, 0) is 14.9 Å². The van der Waals surface area contributed by atoms with Crippen LogP contribution in [0.4, 0.5) is 0 Å². The number of hydrogen-bond donors (Lipinski definition) is 0. The number of carbonyl (C=O) groups is 1. The van der Waals surface area contributed by atoms with Gasteiger partial charge in [-0.2, -0.15) is 0 Å². The van der Waals surface area contributed by atoms with Crippen molar-refractivity contribution in [3.8, 4) is 0 Å². The van der Waals surface area contributed by atoms with E-state index in [9.17, 15) is 4.79 Å². The first-order valence-corrected chi connectivity index (χ1v) is 5.97. The molecule has 0 bridgehead atoms. The molecule has 1 heterocycles. The van der Waals surface area contributed by atoms with Crippen molar-refractivity contribution >= 4 is 21.9 Å². The highest BCUT2D eigenvalue weighted by molar-refractivity contribution is 9.08. The maximum absolute atomic E-state index is 11.2. The highest BCUT2D eigenvalue weighted by Gasteiger charge is 2.45. The molecule has 1 fully saturated rings. The lowest BCUT2D eigenvalue weighted by Gasteiger charge is -2.00. The molecule has 4 heteroatoms. The van der Waals surface area contributed by atoms with Crippen LogP contribution in [0.5, 0.6) is 0 Å². The number of rotatable bonds is 3. The fourth-order valence-corrected chi connectivity index (χ4v) is 2.00. The number of nitrogens with zero attached hydrogens (tertiary/aromatic N) is 1. The summed E-state index contributed by atoms with van der Waals surface area (Å²) in [5, 5.41) is 0.811. The summed E-state index contributed by atoms with van der Waals surface area (Å²) in [5.41, 5.74) is 2.14. The summed E-state index contributed by atoms with van der Waals surface area (Å²) in [7, 11) is 1.43. The van der Waals surface area contributed by atoms with Crippen LogP contribution in [0, 0.1) is 5.92 Å². The Bertz CT molecular complexity index is 363. The Morgan fingerprint density at radius 1 is 1.67 bits per heavy atom. The molecule has 0 aromatic carbocycles. The van der Waals surface area contributed by atoms with Gasteiger partial charge in [0.05, 0.1) is 13.0 Å². The van der Waals surface area contributed by atoms with Crippen molar-refractivity contribution in [2.45, 2.75) is 17.7 Å². The Morgan fingerprint density at radius 3 is 3.00 bits per heavy atom. The average molecular weight is 270 g/mol. The molecule has 1 aliphatic carbocycles. The molecule has 2 unspecified atom stereocenters. The number of pyridine rings is 1. The number of carbonyl (C=O) groups excluding carboxylic acids is 1. The number of hydrogen-bond acceptors (Lipinski definition) is 3. The number of halogens is 1. The molecule has 0 spiro atoms. The van der Waals surface area contributed by atoms with Crippen LogP contribution < -0.4 is 0 Å². The topological polar surface area (TPSA) is 39.2 Å². The van der Waals surface area contributed by atoms with Crippen LogP contribution in [0.2, 0.25) is 0 Å². The zero-order valence-corrected chi connectivity index (χ0v) is 10.0. The van der Waals surface area contributed by atoms with E-state index < -0.39 is 0 Å². The summed E-state index contributed by atoms with van der Waals surface area (Å²) in [6.45, 7) is 0. The van der Waals surface area contributed by atoms with E-state index >= 15 is 0 Å². The summed E-state index contributed by atoms with van der Waals surface area (Å²) in [6, 6.07) is 4.02. The van der Waals surface area contributed by atoms with Gasteiger partial charge in [-0.1, -0.05) is 22.0 Å². The molecule has 2 rings (SSSR count). The van der Waals surface area contributed by atoms with Crippen LogP contribution in [0.1, 0.15) is 23.6 Å². The van der Waals surface area contributed by atoms with Crippen LogP contribution in [0.25, 0.3) is 0 Å². The quantitative estimate of drug-likeness (QED) is 0.624. The molecule has 80 valence electrons. The van der Waals surface area contributed by atoms with Crippen molar-refractivity contribution in [3.63, 3.8) is 0 Å². The minimum absolute atomic E-state index is 0.0253. The van der Waals surface area contributed by atoms with Crippen LogP contribution in [0.3, 0.4) is 0 Å². The van der Waals surface area contributed by atoms with E-state index in [1.165, 1.54) is 7.11 Å². The highest BCUT2D eigenvalue weighted by Crippen LogP contribution is 2.47. The lowest BCUT2D eigenvalue weighted by atomic mass is 10.2. The minimum atomic E-state index is -0.119. The Kier molecular flexibility index (Phi) is 3.05. The predicted molar refractivity (Wildman–Crippen MR) is 59.7 cm³/mol. The fraction of sp³-hybridized carbons (Fsp3) is 0.455. The zero-order chi connectivity index (χ0) is 10.8. The van der Waals surface area contributed by atoms with Gasteiger partial charge in [-0.3, -0.25) is 9.78 Å². The van der Waals surface area contributed by atoms with Crippen molar-refractivity contribution in [1.82, 2.24) is 4.98 Å². The van der Waals surface area contributed by atoms with E-state index in [1.807, 2.05) is 18.3 Å². The fourth-order valence-electron chi connectivity index (χ4n) is 1.67. The molecular formula is C11H12BrNO2. The van der Waals surface area contributed by atoms with Gasteiger partial charge >= 0.3 is 5.97 Å². The third kappa shape index (κ3) is 2.20. The summed E-state index contributed by atoms with van der Waals surface area (Å²) >= 11 is 3.37. The average Bonchev–Trinajstić information content (AvgIpc) is 3.08. The van der Waals surface area contributed by atoms with Crippen molar-refractivity contribution in [2.24, 2.45) is 5.92 Å². The molecule has 1 aliphatic rings. The third-order valence-electron chi connectivity index (χ3n) is 2.68. The van der Waals surface area contributed by atoms with E-state index in [4.69, 9.17) is 4.74 Å². The van der Waals surface area contributed by atoms with E-state index in [-0.39, 0.29) is 17.8 Å². The minimum Gasteiger partial charge on any atom is -0.469 e. The summed E-state index contributed by atoms with van der Waals surface area (Å²) in [6.07, 6.45) is 2.71. The second-order valence-corrected chi connectivity index (χ2v) is 4.26. The number of aromatic nitrogens is 1. The first-order valence-electron chi connectivity index (χ1n) is 4.85. The maximum atomic E-state index is 11.2. The third-order valence-corrected chi connectivity index (χ3v) is 3.32. The molecule has 1 aromatic rings. The van der Waals surface area contributed by atoms with Crippen molar-refractivity contribution < 1.29 is 9.53 Å². The van der Waals surface area contributed by atoms with Crippen LogP contribution in [-0.4, -0.2) is 18.1 Å². The van der Waals surface area contributed by atoms with Gasteiger partial charge in [-0.25, -0.2) is 0 Å². The molecule has 0 N–H and O–H groups in total. The SMILES string of the molecule is COC(=O)C1CC1c1ccc(CBr)cn1. The molecule has 3 nitrogen and oxygen atoms in total. The smallest absolute Gasteiger partial charge is 0.309 e. The lowest BCUT2D eigenvalue weighted by molar-refractivity contribution is -0.142. The van der Waals surface area contributed by atoms with Gasteiger partial charge in [-0.05, 0) is 18.1 Å². The summed E-state index contributed by atoms with van der Waals surface area (Å²) < 4.78 is 4.70. The Morgan fingerprint density at radius 2 is 2.47 bits per heavy atom. The molecule has 2 atom stereocenters. The van der Waals surface area contributed by atoms with Crippen molar-refractivity contribution in [3.05, 3.63) is 29.6 Å². The number of esters is 1. The highest BCUT2D eigenvalue weighted by atomic mass is 79.9. The van der Waals surface area contributed by atoms with E-state index in [0.29, 0.717) is 0 Å². The second kappa shape index (κ2) is 4.31. The molecule has 1 saturated carbocycles. The molecule has 0 radical (unpaired) electrons. The molecule has 0 aliphatic heterocycles. The lowest BCUT2D eigenvalue weighted by Crippen LogP contribution is -2.04. The van der Waals surface area contributed by atoms with Gasteiger partial charge in [0, 0.05) is 23.1 Å². The van der Waals surface area contributed by atoms with Gasteiger partial charge < -0.3 is 4.74 Å².